The molecule has 5 nitrogen and oxygen atoms in total. The maximum absolute atomic E-state index is 12.5. The van der Waals surface area contributed by atoms with Gasteiger partial charge in [-0.2, -0.15) is 0 Å². The summed E-state index contributed by atoms with van der Waals surface area (Å²) in [7, 11) is 1.54. The van der Waals surface area contributed by atoms with Crippen molar-refractivity contribution in [2.45, 2.75) is 51.9 Å². The van der Waals surface area contributed by atoms with Gasteiger partial charge in [-0.15, -0.1) is 11.3 Å². The van der Waals surface area contributed by atoms with E-state index in [4.69, 9.17) is 26.1 Å². The molecule has 0 radical (unpaired) electrons. The van der Waals surface area contributed by atoms with E-state index in [-0.39, 0.29) is 5.91 Å². The Hall–Kier alpha value is -1.79. The molecule has 3 rings (SSSR count). The molecular formula is C21H27ClN2O3S. The molecule has 1 N–H and O–H groups in total. The SMILES string of the molecule is CCCOc1c(Cl)cc(C(=O)NCCCc2nc3c(s2)CCCC3)cc1OC. The molecule has 7 heteroatoms. The van der Waals surface area contributed by atoms with Crippen LogP contribution in [0.4, 0.5) is 0 Å². The lowest BCUT2D eigenvalue weighted by molar-refractivity contribution is 0.0953. The second-order valence-electron chi connectivity index (χ2n) is 6.88. The Morgan fingerprint density at radius 3 is 2.89 bits per heavy atom. The highest BCUT2D eigenvalue weighted by atomic mass is 35.5. The third-order valence-corrected chi connectivity index (χ3v) is 6.18. The van der Waals surface area contributed by atoms with Crippen LogP contribution in [0.1, 0.15) is 58.5 Å². The first-order valence-corrected chi connectivity index (χ1v) is 11.1. The van der Waals surface area contributed by atoms with Crippen LogP contribution >= 0.6 is 22.9 Å². The molecule has 0 bridgehead atoms. The smallest absolute Gasteiger partial charge is 0.251 e. The van der Waals surface area contributed by atoms with Gasteiger partial charge in [-0.05, 0) is 50.7 Å². The van der Waals surface area contributed by atoms with Gasteiger partial charge >= 0.3 is 0 Å². The van der Waals surface area contributed by atoms with Gasteiger partial charge in [0.05, 0.1) is 29.4 Å². The van der Waals surface area contributed by atoms with Gasteiger partial charge in [-0.3, -0.25) is 4.79 Å². The fourth-order valence-electron chi connectivity index (χ4n) is 3.25. The van der Waals surface area contributed by atoms with Gasteiger partial charge in [0.25, 0.3) is 5.91 Å². The number of nitrogens with zero attached hydrogens (tertiary/aromatic N) is 1. The highest BCUT2D eigenvalue weighted by Gasteiger charge is 2.17. The summed E-state index contributed by atoms with van der Waals surface area (Å²) in [5.41, 5.74) is 1.76. The molecule has 1 heterocycles. The van der Waals surface area contributed by atoms with E-state index in [1.807, 2.05) is 18.3 Å². The largest absolute Gasteiger partial charge is 0.493 e. The van der Waals surface area contributed by atoms with Gasteiger partial charge in [0, 0.05) is 23.4 Å². The van der Waals surface area contributed by atoms with E-state index in [1.165, 1.54) is 34.8 Å². The minimum Gasteiger partial charge on any atom is -0.493 e. The predicted molar refractivity (Wildman–Crippen MR) is 113 cm³/mol. The van der Waals surface area contributed by atoms with Gasteiger partial charge in [0.1, 0.15) is 0 Å². The van der Waals surface area contributed by atoms with Crippen LogP contribution in [-0.4, -0.2) is 31.2 Å². The van der Waals surface area contributed by atoms with Crippen LogP contribution in [0.25, 0.3) is 0 Å². The second kappa shape index (κ2) is 10.1. The van der Waals surface area contributed by atoms with Crippen LogP contribution < -0.4 is 14.8 Å². The number of thiazole rings is 1. The van der Waals surface area contributed by atoms with Crippen molar-refractivity contribution in [3.8, 4) is 11.5 Å². The van der Waals surface area contributed by atoms with E-state index in [1.54, 1.807) is 19.2 Å². The van der Waals surface area contributed by atoms with Crippen molar-refractivity contribution in [3.63, 3.8) is 0 Å². The van der Waals surface area contributed by atoms with Gasteiger partial charge in [-0.25, -0.2) is 4.98 Å². The number of rotatable bonds is 9. The van der Waals surface area contributed by atoms with Crippen molar-refractivity contribution in [3.05, 3.63) is 38.3 Å². The summed E-state index contributed by atoms with van der Waals surface area (Å²) in [5, 5.41) is 4.52. The molecule has 1 aromatic carbocycles. The summed E-state index contributed by atoms with van der Waals surface area (Å²) in [6.45, 7) is 3.15. The highest BCUT2D eigenvalue weighted by Crippen LogP contribution is 2.36. The van der Waals surface area contributed by atoms with Crippen LogP contribution in [0.15, 0.2) is 12.1 Å². The summed E-state index contributed by atoms with van der Waals surface area (Å²) >= 11 is 8.13. The Labute approximate surface area is 175 Å². The fourth-order valence-corrected chi connectivity index (χ4v) is 4.71. The van der Waals surface area contributed by atoms with E-state index >= 15 is 0 Å². The van der Waals surface area contributed by atoms with Gasteiger partial charge in [-0.1, -0.05) is 18.5 Å². The molecule has 0 fully saturated rings. The standard InChI is InChI=1S/C21H27ClN2O3S/c1-3-11-27-20-15(22)12-14(13-17(20)26-2)21(25)23-10-6-9-19-24-16-7-4-5-8-18(16)28-19/h12-13H,3-11H2,1-2H3,(H,23,25). The Bertz CT molecular complexity index is 799. The van der Waals surface area contributed by atoms with Crippen LogP contribution in [0, 0.1) is 0 Å². The number of hydrogen-bond acceptors (Lipinski definition) is 5. The van der Waals surface area contributed by atoms with E-state index in [0.717, 1.165) is 25.7 Å². The first-order chi connectivity index (χ1) is 13.6. The molecule has 0 saturated carbocycles. The summed E-state index contributed by atoms with van der Waals surface area (Å²) < 4.78 is 11.0. The number of amides is 1. The number of methoxy groups -OCH3 is 1. The Morgan fingerprint density at radius 1 is 1.32 bits per heavy atom. The van der Waals surface area contributed by atoms with Crippen molar-refractivity contribution in [1.82, 2.24) is 10.3 Å². The van der Waals surface area contributed by atoms with E-state index in [0.29, 0.717) is 35.2 Å². The number of carbonyl (C=O) groups excluding carboxylic acids is 1. The van der Waals surface area contributed by atoms with Gasteiger partial charge < -0.3 is 14.8 Å². The van der Waals surface area contributed by atoms with Crippen LogP contribution in [0.2, 0.25) is 5.02 Å². The van der Waals surface area contributed by atoms with Crippen molar-refractivity contribution in [2.24, 2.45) is 0 Å². The van der Waals surface area contributed by atoms with Crippen LogP contribution in [0.5, 0.6) is 11.5 Å². The molecule has 0 unspecified atom stereocenters. The van der Waals surface area contributed by atoms with E-state index in [2.05, 4.69) is 5.32 Å². The first kappa shape index (κ1) is 20.9. The third-order valence-electron chi connectivity index (χ3n) is 4.69. The summed E-state index contributed by atoms with van der Waals surface area (Å²) in [5.74, 6) is 0.787. The quantitative estimate of drug-likeness (QED) is 0.587. The number of halogens is 1. The van der Waals surface area contributed by atoms with Gasteiger partial charge in [0.15, 0.2) is 11.5 Å². The van der Waals surface area contributed by atoms with E-state index in [9.17, 15) is 4.79 Å². The Balaban J connectivity index is 1.53. The molecule has 1 amide bonds. The number of ether oxygens (including phenoxy) is 2. The fraction of sp³-hybridized carbons (Fsp3) is 0.524. The molecule has 0 atom stereocenters. The van der Waals surface area contributed by atoms with Crippen molar-refractivity contribution in [2.75, 3.05) is 20.3 Å². The van der Waals surface area contributed by atoms with E-state index < -0.39 is 0 Å². The number of nitrogens with one attached hydrogen (secondary N) is 1. The summed E-state index contributed by atoms with van der Waals surface area (Å²) in [6, 6.07) is 3.29. The molecule has 0 aliphatic heterocycles. The summed E-state index contributed by atoms with van der Waals surface area (Å²) in [4.78, 5) is 18.7. The summed E-state index contributed by atoms with van der Waals surface area (Å²) in [6.07, 6.45) is 7.43. The lowest BCUT2D eigenvalue weighted by atomic mass is 10.0. The average molecular weight is 423 g/mol. The number of carbonyl (C=O) groups is 1. The first-order valence-electron chi connectivity index (χ1n) is 9.88. The molecule has 1 aliphatic carbocycles. The number of benzene rings is 1. The zero-order valence-electron chi connectivity index (χ0n) is 16.5. The van der Waals surface area contributed by atoms with Crippen molar-refractivity contribution < 1.29 is 14.3 Å². The normalized spacial score (nSPS) is 13.1. The maximum atomic E-state index is 12.5. The molecule has 1 aliphatic rings. The Kier molecular flexibility index (Phi) is 7.57. The molecule has 0 spiro atoms. The number of aryl methyl sites for hydroxylation is 3. The number of aromatic nitrogens is 1. The zero-order valence-corrected chi connectivity index (χ0v) is 18.0. The zero-order chi connectivity index (χ0) is 19.9. The lowest BCUT2D eigenvalue weighted by Gasteiger charge is -2.13. The predicted octanol–water partition coefficient (Wildman–Crippen LogP) is 4.84. The van der Waals surface area contributed by atoms with Crippen molar-refractivity contribution in [1.29, 1.82) is 0 Å². The van der Waals surface area contributed by atoms with Crippen LogP contribution in [-0.2, 0) is 19.3 Å². The molecule has 152 valence electrons. The average Bonchev–Trinajstić information content (AvgIpc) is 3.12. The second-order valence-corrected chi connectivity index (χ2v) is 8.46. The molecule has 0 saturated heterocycles. The van der Waals surface area contributed by atoms with Gasteiger partial charge in [0.2, 0.25) is 0 Å². The highest BCUT2D eigenvalue weighted by molar-refractivity contribution is 7.11. The maximum Gasteiger partial charge on any atom is 0.251 e. The number of fused-ring (bicyclic) bond motifs is 1. The monoisotopic (exact) mass is 422 g/mol. The number of hydrogen-bond donors (Lipinski definition) is 1. The Morgan fingerprint density at radius 2 is 2.14 bits per heavy atom. The minimum atomic E-state index is -0.166. The minimum absolute atomic E-state index is 0.166. The molecule has 2 aromatic rings. The topological polar surface area (TPSA) is 60.5 Å². The molecular weight excluding hydrogens is 396 g/mol. The third kappa shape index (κ3) is 5.17. The molecule has 1 aromatic heterocycles. The molecule has 28 heavy (non-hydrogen) atoms. The van der Waals surface area contributed by atoms with Crippen molar-refractivity contribution >= 4 is 28.8 Å². The lowest BCUT2D eigenvalue weighted by Crippen LogP contribution is -2.24. The van der Waals surface area contributed by atoms with Crippen LogP contribution in [0.3, 0.4) is 0 Å².